The molecule has 3 heterocycles. The van der Waals surface area contributed by atoms with Crippen molar-refractivity contribution in [2.45, 2.75) is 19.4 Å². The highest BCUT2D eigenvalue weighted by molar-refractivity contribution is 5.91. The number of nitrogens with zero attached hydrogens (tertiary/aromatic N) is 3. The molecule has 7 nitrogen and oxygen atoms in total. The number of anilines is 1. The summed E-state index contributed by atoms with van der Waals surface area (Å²) in [6, 6.07) is 3.40. The van der Waals surface area contributed by atoms with Crippen molar-refractivity contribution in [1.82, 2.24) is 14.7 Å². The quantitative estimate of drug-likeness (QED) is 0.852. The van der Waals surface area contributed by atoms with Gasteiger partial charge in [-0.15, -0.1) is 0 Å². The molecule has 1 aliphatic rings. The first-order chi connectivity index (χ1) is 10.2. The van der Waals surface area contributed by atoms with E-state index in [-0.39, 0.29) is 23.8 Å². The van der Waals surface area contributed by atoms with E-state index in [1.54, 1.807) is 17.0 Å². The predicted molar refractivity (Wildman–Crippen MR) is 75.5 cm³/mol. The molecule has 0 atom stereocenters. The van der Waals surface area contributed by atoms with Crippen molar-refractivity contribution in [3.05, 3.63) is 24.0 Å². The number of likely N-dealkylation sites (tertiary alicyclic amines) is 1. The van der Waals surface area contributed by atoms with Crippen molar-refractivity contribution in [3.63, 3.8) is 0 Å². The van der Waals surface area contributed by atoms with Gasteiger partial charge < -0.3 is 15.1 Å². The maximum atomic E-state index is 12.2. The van der Waals surface area contributed by atoms with Gasteiger partial charge >= 0.3 is 0 Å². The van der Waals surface area contributed by atoms with E-state index in [1.165, 1.54) is 10.9 Å². The van der Waals surface area contributed by atoms with Crippen LogP contribution in [0.2, 0.25) is 0 Å². The minimum atomic E-state index is -0.0369. The molecule has 2 aromatic rings. The summed E-state index contributed by atoms with van der Waals surface area (Å²) in [5, 5.41) is 4.25. The van der Waals surface area contributed by atoms with Gasteiger partial charge in [0.2, 0.25) is 5.91 Å². The van der Waals surface area contributed by atoms with E-state index in [2.05, 4.69) is 5.10 Å². The third-order valence-corrected chi connectivity index (χ3v) is 3.65. The zero-order valence-electron chi connectivity index (χ0n) is 11.5. The molecule has 0 aromatic carbocycles. The fourth-order valence-electron chi connectivity index (χ4n) is 2.52. The number of carbonyl (C=O) groups is 2. The zero-order valence-corrected chi connectivity index (χ0v) is 11.5. The maximum Gasteiger partial charge on any atom is 0.244 e. The van der Waals surface area contributed by atoms with E-state index in [4.69, 9.17) is 10.2 Å². The molecule has 1 fully saturated rings. The van der Waals surface area contributed by atoms with Crippen LogP contribution in [0.4, 0.5) is 5.82 Å². The molecule has 1 amide bonds. The molecule has 0 radical (unpaired) electrons. The van der Waals surface area contributed by atoms with Crippen LogP contribution in [0.5, 0.6) is 0 Å². The van der Waals surface area contributed by atoms with Gasteiger partial charge in [-0.2, -0.15) is 5.10 Å². The SMILES string of the molecule is Nc1c(C=O)c(-c2ccco2)nn1CC(=O)N1CCCC1. The highest BCUT2D eigenvalue weighted by atomic mass is 16.3. The highest BCUT2D eigenvalue weighted by Gasteiger charge is 2.23. The molecule has 0 aliphatic carbocycles. The predicted octanol–water partition coefficient (Wildman–Crippen LogP) is 1.16. The van der Waals surface area contributed by atoms with E-state index in [1.807, 2.05) is 0 Å². The first-order valence-electron chi connectivity index (χ1n) is 6.84. The zero-order chi connectivity index (χ0) is 14.8. The lowest BCUT2D eigenvalue weighted by atomic mass is 10.2. The van der Waals surface area contributed by atoms with Crippen molar-refractivity contribution >= 4 is 18.0 Å². The van der Waals surface area contributed by atoms with Crippen LogP contribution in [0.15, 0.2) is 22.8 Å². The Bertz CT molecular complexity index is 654. The smallest absolute Gasteiger partial charge is 0.244 e. The molecule has 2 aromatic heterocycles. The van der Waals surface area contributed by atoms with E-state index in [9.17, 15) is 9.59 Å². The molecule has 0 unspecified atom stereocenters. The Balaban J connectivity index is 1.89. The van der Waals surface area contributed by atoms with Crippen LogP contribution >= 0.6 is 0 Å². The second-order valence-electron chi connectivity index (χ2n) is 4.99. The molecule has 3 rings (SSSR count). The van der Waals surface area contributed by atoms with Crippen molar-refractivity contribution in [3.8, 4) is 11.5 Å². The lowest BCUT2D eigenvalue weighted by Gasteiger charge is -2.15. The van der Waals surface area contributed by atoms with Crippen LogP contribution < -0.4 is 5.73 Å². The Morgan fingerprint density at radius 3 is 2.81 bits per heavy atom. The van der Waals surface area contributed by atoms with Crippen LogP contribution in [0.25, 0.3) is 11.5 Å². The van der Waals surface area contributed by atoms with Crippen molar-refractivity contribution < 1.29 is 14.0 Å². The molecular formula is C14H16N4O3. The van der Waals surface area contributed by atoms with Gasteiger partial charge in [-0.3, -0.25) is 9.59 Å². The van der Waals surface area contributed by atoms with Gasteiger partial charge in [-0.1, -0.05) is 0 Å². The molecule has 0 spiro atoms. The summed E-state index contributed by atoms with van der Waals surface area (Å²) in [5.41, 5.74) is 6.54. The Morgan fingerprint density at radius 1 is 1.43 bits per heavy atom. The molecule has 0 bridgehead atoms. The number of nitrogens with two attached hydrogens (primary N) is 1. The Labute approximate surface area is 121 Å². The van der Waals surface area contributed by atoms with Crippen LogP contribution in [0, 0.1) is 0 Å². The maximum absolute atomic E-state index is 12.2. The Morgan fingerprint density at radius 2 is 2.19 bits per heavy atom. The molecule has 0 saturated carbocycles. The summed E-state index contributed by atoms with van der Waals surface area (Å²) >= 11 is 0. The summed E-state index contributed by atoms with van der Waals surface area (Å²) in [6.45, 7) is 1.57. The third-order valence-electron chi connectivity index (χ3n) is 3.65. The van der Waals surface area contributed by atoms with E-state index < -0.39 is 0 Å². The van der Waals surface area contributed by atoms with Crippen LogP contribution in [0.3, 0.4) is 0 Å². The van der Waals surface area contributed by atoms with Crippen molar-refractivity contribution in [2.24, 2.45) is 0 Å². The summed E-state index contributed by atoms with van der Waals surface area (Å²) in [5.74, 6) is 0.602. The average molecular weight is 288 g/mol. The fourth-order valence-corrected chi connectivity index (χ4v) is 2.52. The number of amides is 1. The number of aromatic nitrogens is 2. The minimum absolute atomic E-state index is 0.0351. The molecule has 21 heavy (non-hydrogen) atoms. The lowest BCUT2D eigenvalue weighted by molar-refractivity contribution is -0.130. The monoisotopic (exact) mass is 288 g/mol. The molecule has 110 valence electrons. The standard InChI is InChI=1S/C14H16N4O3/c15-14-10(9-19)13(11-4-3-7-21-11)16-18(14)8-12(20)17-5-1-2-6-17/h3-4,7,9H,1-2,5-6,8,15H2. The molecule has 2 N–H and O–H groups in total. The fraction of sp³-hybridized carbons (Fsp3) is 0.357. The number of rotatable bonds is 4. The molecule has 1 saturated heterocycles. The Kier molecular flexibility index (Phi) is 3.47. The van der Waals surface area contributed by atoms with Gasteiger partial charge in [0.15, 0.2) is 12.0 Å². The van der Waals surface area contributed by atoms with Crippen LogP contribution in [-0.2, 0) is 11.3 Å². The van der Waals surface area contributed by atoms with Gasteiger partial charge in [0.25, 0.3) is 0 Å². The number of carbonyl (C=O) groups excluding carboxylic acids is 2. The van der Waals surface area contributed by atoms with Crippen molar-refractivity contribution in [2.75, 3.05) is 18.8 Å². The summed E-state index contributed by atoms with van der Waals surface area (Å²) < 4.78 is 6.61. The molecular weight excluding hydrogens is 272 g/mol. The average Bonchev–Trinajstić information content (AvgIpc) is 3.20. The number of hydrogen-bond donors (Lipinski definition) is 1. The number of furan rings is 1. The number of nitrogen functional groups attached to an aromatic ring is 1. The molecule has 1 aliphatic heterocycles. The molecule has 7 heteroatoms. The third kappa shape index (κ3) is 2.42. The first-order valence-corrected chi connectivity index (χ1v) is 6.84. The van der Waals surface area contributed by atoms with Gasteiger partial charge in [0.05, 0.1) is 11.8 Å². The van der Waals surface area contributed by atoms with Crippen LogP contribution in [-0.4, -0.2) is 40.0 Å². The number of aldehydes is 1. The summed E-state index contributed by atoms with van der Waals surface area (Å²) in [4.78, 5) is 25.2. The van der Waals surface area contributed by atoms with E-state index in [0.29, 0.717) is 17.7 Å². The summed E-state index contributed by atoms with van der Waals surface area (Å²) in [7, 11) is 0. The topological polar surface area (TPSA) is 94.4 Å². The van der Waals surface area contributed by atoms with Gasteiger partial charge in [0, 0.05) is 13.1 Å². The van der Waals surface area contributed by atoms with Gasteiger partial charge in [-0.05, 0) is 25.0 Å². The van der Waals surface area contributed by atoms with Gasteiger partial charge in [0.1, 0.15) is 18.1 Å². The van der Waals surface area contributed by atoms with Gasteiger partial charge in [-0.25, -0.2) is 4.68 Å². The largest absolute Gasteiger partial charge is 0.463 e. The normalized spacial score (nSPS) is 14.6. The second kappa shape index (κ2) is 5.43. The Hall–Kier alpha value is -2.57. The highest BCUT2D eigenvalue weighted by Crippen LogP contribution is 2.26. The van der Waals surface area contributed by atoms with Crippen molar-refractivity contribution in [1.29, 1.82) is 0 Å². The second-order valence-corrected chi connectivity index (χ2v) is 4.99. The van der Waals surface area contributed by atoms with E-state index in [0.717, 1.165) is 25.9 Å². The number of hydrogen-bond acceptors (Lipinski definition) is 5. The summed E-state index contributed by atoms with van der Waals surface area (Å²) in [6.07, 6.45) is 4.18. The van der Waals surface area contributed by atoms with Crippen LogP contribution in [0.1, 0.15) is 23.2 Å². The first kappa shape index (κ1) is 13.4. The van der Waals surface area contributed by atoms with E-state index >= 15 is 0 Å². The minimum Gasteiger partial charge on any atom is -0.463 e. The lowest BCUT2D eigenvalue weighted by Crippen LogP contribution is -2.31.